The van der Waals surface area contributed by atoms with Crippen LogP contribution in [0.3, 0.4) is 0 Å². The minimum atomic E-state index is -0.0396. The predicted octanol–water partition coefficient (Wildman–Crippen LogP) is 3.99. The van der Waals surface area contributed by atoms with Crippen molar-refractivity contribution in [3.8, 4) is 0 Å². The lowest BCUT2D eigenvalue weighted by atomic mass is 10.2. The van der Waals surface area contributed by atoms with Crippen LogP contribution in [0.4, 0.5) is 0 Å². The van der Waals surface area contributed by atoms with E-state index in [-0.39, 0.29) is 10.9 Å². The van der Waals surface area contributed by atoms with E-state index in [0.29, 0.717) is 20.2 Å². The second-order valence-electron chi connectivity index (χ2n) is 4.51. The number of benzene rings is 2. The summed E-state index contributed by atoms with van der Waals surface area (Å²) >= 11 is 2.81. The maximum Gasteiger partial charge on any atom is 0.205 e. The molecule has 0 atom stereocenters. The fourth-order valence-corrected chi connectivity index (χ4v) is 4.64. The van der Waals surface area contributed by atoms with Crippen molar-refractivity contribution >= 4 is 52.2 Å². The van der Waals surface area contributed by atoms with E-state index in [1.165, 1.54) is 22.7 Å². The van der Waals surface area contributed by atoms with Crippen LogP contribution in [0, 0.1) is 0 Å². The Morgan fingerprint density at radius 1 is 0.600 bits per heavy atom. The molecule has 0 aliphatic carbocycles. The van der Waals surface area contributed by atoms with Gasteiger partial charge < -0.3 is 0 Å². The summed E-state index contributed by atoms with van der Waals surface area (Å²) in [5, 5.41) is 1.38. The van der Waals surface area contributed by atoms with Gasteiger partial charge in [-0.05, 0) is 24.3 Å². The van der Waals surface area contributed by atoms with Crippen LogP contribution in [0.5, 0.6) is 0 Å². The molecule has 0 radical (unpaired) electrons. The van der Waals surface area contributed by atoms with E-state index in [1.54, 1.807) is 0 Å². The van der Waals surface area contributed by atoms with Crippen molar-refractivity contribution in [3.63, 3.8) is 0 Å². The zero-order valence-electron chi connectivity index (χ0n) is 10.3. The molecule has 0 saturated carbocycles. The van der Waals surface area contributed by atoms with Crippen molar-refractivity contribution < 1.29 is 0 Å². The summed E-state index contributed by atoms with van der Waals surface area (Å²) < 4.78 is 2.86. The summed E-state index contributed by atoms with van der Waals surface area (Å²) in [6, 6.07) is 14.9. The first kappa shape index (κ1) is 11.8. The summed E-state index contributed by atoms with van der Waals surface area (Å²) in [7, 11) is 0. The Bertz CT molecular complexity index is 1000. The minimum absolute atomic E-state index is 0.0396. The lowest BCUT2D eigenvalue weighted by Crippen LogP contribution is -2.07. The quantitative estimate of drug-likeness (QED) is 0.460. The largest absolute Gasteiger partial charge is 0.288 e. The second kappa shape index (κ2) is 4.23. The van der Waals surface area contributed by atoms with Crippen LogP contribution >= 0.6 is 22.7 Å². The van der Waals surface area contributed by atoms with Gasteiger partial charge in [0.25, 0.3) is 0 Å². The van der Waals surface area contributed by atoms with E-state index in [0.717, 1.165) is 9.40 Å². The van der Waals surface area contributed by atoms with Crippen LogP contribution in [-0.4, -0.2) is 0 Å². The topological polar surface area (TPSA) is 34.1 Å². The van der Waals surface area contributed by atoms with Gasteiger partial charge in [0, 0.05) is 20.2 Å². The molecular weight excluding hydrogens is 288 g/mol. The summed E-state index contributed by atoms with van der Waals surface area (Å²) in [4.78, 5) is 25.1. The molecule has 2 aromatic heterocycles. The van der Waals surface area contributed by atoms with Crippen LogP contribution in [0.1, 0.15) is 0 Å². The molecule has 2 nitrogen and oxygen atoms in total. The van der Waals surface area contributed by atoms with E-state index >= 15 is 0 Å². The fraction of sp³-hybridized carbons (Fsp3) is 0. The maximum atomic E-state index is 12.6. The summed E-state index contributed by atoms with van der Waals surface area (Å²) in [5.74, 6) is 0. The zero-order valence-corrected chi connectivity index (χ0v) is 11.9. The first-order chi connectivity index (χ1) is 9.75. The molecule has 0 spiro atoms. The summed E-state index contributed by atoms with van der Waals surface area (Å²) in [5.41, 5.74) is -0.0793. The molecule has 0 N–H and O–H groups in total. The Kier molecular flexibility index (Phi) is 2.49. The SMILES string of the molecule is O=c1c2ccccc2sc2c(=O)c3ccccc3sc12. The Labute approximate surface area is 121 Å². The van der Waals surface area contributed by atoms with Crippen molar-refractivity contribution in [1.29, 1.82) is 0 Å². The lowest BCUT2D eigenvalue weighted by molar-refractivity contribution is 1.77. The van der Waals surface area contributed by atoms with Crippen LogP contribution in [0.25, 0.3) is 29.6 Å². The highest BCUT2D eigenvalue weighted by atomic mass is 32.1. The van der Waals surface area contributed by atoms with Crippen molar-refractivity contribution in [2.45, 2.75) is 0 Å². The molecule has 2 aromatic carbocycles. The molecule has 4 rings (SSSR count). The third-order valence-corrected chi connectivity index (χ3v) is 5.77. The van der Waals surface area contributed by atoms with E-state index in [2.05, 4.69) is 0 Å². The van der Waals surface area contributed by atoms with Crippen molar-refractivity contribution in [1.82, 2.24) is 0 Å². The third kappa shape index (κ3) is 1.55. The molecule has 0 fully saturated rings. The highest BCUT2D eigenvalue weighted by molar-refractivity contribution is 7.31. The van der Waals surface area contributed by atoms with Crippen LogP contribution in [0.15, 0.2) is 58.1 Å². The zero-order chi connectivity index (χ0) is 13.7. The van der Waals surface area contributed by atoms with Gasteiger partial charge in [0.2, 0.25) is 10.9 Å². The van der Waals surface area contributed by atoms with Gasteiger partial charge in [0.05, 0.1) is 9.40 Å². The lowest BCUT2D eigenvalue weighted by Gasteiger charge is -2.01. The van der Waals surface area contributed by atoms with Gasteiger partial charge in [-0.2, -0.15) is 0 Å². The molecule has 2 heterocycles. The maximum absolute atomic E-state index is 12.6. The molecule has 0 aliphatic rings. The van der Waals surface area contributed by atoms with Gasteiger partial charge in [-0.15, -0.1) is 22.7 Å². The summed E-state index contributed by atoms with van der Waals surface area (Å²) in [6.07, 6.45) is 0. The Morgan fingerprint density at radius 3 is 1.45 bits per heavy atom. The number of hydrogen-bond acceptors (Lipinski definition) is 4. The van der Waals surface area contributed by atoms with E-state index in [4.69, 9.17) is 0 Å². The fourth-order valence-electron chi connectivity index (χ4n) is 2.34. The van der Waals surface area contributed by atoms with Gasteiger partial charge in [-0.25, -0.2) is 0 Å². The average Bonchev–Trinajstić information content (AvgIpc) is 2.49. The molecule has 0 unspecified atom stereocenters. The van der Waals surface area contributed by atoms with E-state index in [1.807, 2.05) is 48.5 Å². The molecule has 0 aliphatic heterocycles. The highest BCUT2D eigenvalue weighted by Gasteiger charge is 2.11. The smallest absolute Gasteiger partial charge is 0.205 e. The van der Waals surface area contributed by atoms with Gasteiger partial charge in [-0.3, -0.25) is 9.59 Å². The number of fused-ring (bicyclic) bond motifs is 3. The first-order valence-corrected chi connectivity index (χ1v) is 7.76. The molecule has 96 valence electrons. The standard InChI is InChI=1S/C16H8O2S2/c17-13-9-5-1-3-7-11(9)19-16-14(18)10-6-2-4-8-12(10)20-15(13)16/h1-8H. The average molecular weight is 296 g/mol. The second-order valence-corrected chi connectivity index (χ2v) is 6.62. The van der Waals surface area contributed by atoms with Crippen molar-refractivity contribution in [2.75, 3.05) is 0 Å². The molecule has 20 heavy (non-hydrogen) atoms. The van der Waals surface area contributed by atoms with Crippen molar-refractivity contribution in [2.24, 2.45) is 0 Å². The first-order valence-electron chi connectivity index (χ1n) is 6.13. The van der Waals surface area contributed by atoms with Gasteiger partial charge in [0.15, 0.2) is 0 Å². The Morgan fingerprint density at radius 2 is 1.00 bits per heavy atom. The van der Waals surface area contributed by atoms with E-state index in [9.17, 15) is 9.59 Å². The van der Waals surface area contributed by atoms with Crippen LogP contribution in [0.2, 0.25) is 0 Å². The summed E-state index contributed by atoms with van der Waals surface area (Å²) in [6.45, 7) is 0. The third-order valence-electron chi connectivity index (χ3n) is 3.31. The molecule has 0 amide bonds. The molecular formula is C16H8O2S2. The van der Waals surface area contributed by atoms with Gasteiger partial charge in [-0.1, -0.05) is 24.3 Å². The predicted molar refractivity (Wildman–Crippen MR) is 87.3 cm³/mol. The molecule has 4 aromatic rings. The van der Waals surface area contributed by atoms with Gasteiger partial charge in [0.1, 0.15) is 0 Å². The minimum Gasteiger partial charge on any atom is -0.288 e. The van der Waals surface area contributed by atoms with Crippen molar-refractivity contribution in [3.05, 3.63) is 69.0 Å². The Hall–Kier alpha value is -2.04. The number of rotatable bonds is 0. The molecule has 0 bridgehead atoms. The molecule has 0 saturated heterocycles. The Balaban J connectivity index is 2.38. The van der Waals surface area contributed by atoms with Crippen LogP contribution in [-0.2, 0) is 0 Å². The monoisotopic (exact) mass is 296 g/mol. The van der Waals surface area contributed by atoms with E-state index < -0.39 is 0 Å². The highest BCUT2D eigenvalue weighted by Crippen LogP contribution is 2.28. The van der Waals surface area contributed by atoms with Crippen LogP contribution < -0.4 is 10.9 Å². The normalized spacial score (nSPS) is 11.4. The molecule has 4 heteroatoms. The number of hydrogen-bond donors (Lipinski definition) is 0. The van der Waals surface area contributed by atoms with Gasteiger partial charge >= 0.3 is 0 Å².